The summed E-state index contributed by atoms with van der Waals surface area (Å²) in [6.07, 6.45) is 7.10. The van der Waals surface area contributed by atoms with Gasteiger partial charge in [0, 0.05) is 59.0 Å². The van der Waals surface area contributed by atoms with Crippen molar-refractivity contribution in [3.63, 3.8) is 0 Å². The van der Waals surface area contributed by atoms with Gasteiger partial charge < -0.3 is 4.74 Å². The Morgan fingerprint density at radius 1 is 1.15 bits per heavy atom. The van der Waals surface area contributed by atoms with Crippen molar-refractivity contribution >= 4 is 17.2 Å². The van der Waals surface area contributed by atoms with Crippen LogP contribution in [0.4, 0.5) is 4.39 Å². The zero-order valence-electron chi connectivity index (χ0n) is 18.7. The Balaban J connectivity index is 1.67. The van der Waals surface area contributed by atoms with Gasteiger partial charge in [0.15, 0.2) is 0 Å². The predicted octanol–water partition coefficient (Wildman–Crippen LogP) is 5.14. The highest BCUT2D eigenvalue weighted by atomic mass is 35.5. The topological polar surface area (TPSA) is 61.4 Å². The van der Waals surface area contributed by atoms with E-state index in [0.717, 1.165) is 24.0 Å². The van der Waals surface area contributed by atoms with Crippen molar-refractivity contribution in [1.82, 2.24) is 19.2 Å². The molecule has 0 spiro atoms. The van der Waals surface area contributed by atoms with Crippen molar-refractivity contribution in [2.45, 2.75) is 38.7 Å². The molecule has 3 aromatic heterocycles. The number of hydrogen-bond acceptors (Lipinski definition) is 4. The summed E-state index contributed by atoms with van der Waals surface area (Å²) in [7, 11) is 1.88. The van der Waals surface area contributed by atoms with E-state index in [1.807, 2.05) is 31.7 Å². The van der Waals surface area contributed by atoms with Gasteiger partial charge in [0.25, 0.3) is 5.56 Å². The second kappa shape index (κ2) is 8.39. The second-order valence-electron chi connectivity index (χ2n) is 8.66. The van der Waals surface area contributed by atoms with Crippen molar-refractivity contribution in [2.24, 2.45) is 7.05 Å². The lowest BCUT2D eigenvalue weighted by Crippen LogP contribution is -2.23. The second-order valence-corrected chi connectivity index (χ2v) is 9.10. The molecule has 0 bridgehead atoms. The summed E-state index contributed by atoms with van der Waals surface area (Å²) in [5.74, 6) is -0.315. The number of benzene rings is 1. The van der Waals surface area contributed by atoms with E-state index >= 15 is 0 Å². The van der Waals surface area contributed by atoms with E-state index in [9.17, 15) is 9.18 Å². The molecule has 1 aliphatic heterocycles. The molecule has 33 heavy (non-hydrogen) atoms. The molecule has 8 heteroatoms. The lowest BCUT2D eigenvalue weighted by atomic mass is 9.86. The number of pyridine rings is 1. The molecule has 0 saturated carbocycles. The zero-order valence-corrected chi connectivity index (χ0v) is 19.4. The van der Waals surface area contributed by atoms with Gasteiger partial charge in [0.1, 0.15) is 11.5 Å². The van der Waals surface area contributed by atoms with Crippen LogP contribution in [-0.2, 0) is 11.8 Å². The molecule has 1 saturated heterocycles. The molecule has 0 aliphatic carbocycles. The number of ether oxygens (including phenoxy) is 1. The Bertz CT molecular complexity index is 1430. The van der Waals surface area contributed by atoms with Crippen molar-refractivity contribution in [3.8, 4) is 11.1 Å². The molecule has 2 unspecified atom stereocenters. The van der Waals surface area contributed by atoms with Crippen LogP contribution in [-0.4, -0.2) is 25.8 Å². The van der Waals surface area contributed by atoms with Gasteiger partial charge in [0.2, 0.25) is 0 Å². The first-order chi connectivity index (χ1) is 15.8. The standard InChI is InChI=1S/C25H24ClFN4O2/c1-14-15(2)29-24-21(20-5-4-19(26)10-22(20)27)8-17(13-31(24)25(14)32)16-6-7-33-23(9-16)18-11-28-30(3)12-18/h4-5,8,10-13,16,23H,6-7,9H2,1-3H3. The van der Waals surface area contributed by atoms with Crippen LogP contribution >= 0.6 is 11.6 Å². The van der Waals surface area contributed by atoms with E-state index in [2.05, 4.69) is 10.1 Å². The van der Waals surface area contributed by atoms with Gasteiger partial charge >= 0.3 is 0 Å². The van der Waals surface area contributed by atoms with Gasteiger partial charge in [-0.2, -0.15) is 5.10 Å². The fraction of sp³-hybridized carbons (Fsp3) is 0.320. The minimum atomic E-state index is -0.450. The molecule has 0 radical (unpaired) electrons. The van der Waals surface area contributed by atoms with Crippen LogP contribution in [0.2, 0.25) is 5.02 Å². The molecular formula is C25H24ClFN4O2. The third kappa shape index (κ3) is 3.96. The predicted molar refractivity (Wildman–Crippen MR) is 125 cm³/mol. The average Bonchev–Trinajstić information content (AvgIpc) is 3.24. The van der Waals surface area contributed by atoms with Gasteiger partial charge in [-0.05, 0) is 62.4 Å². The number of rotatable bonds is 3. The first-order valence-corrected chi connectivity index (χ1v) is 11.3. The highest BCUT2D eigenvalue weighted by Gasteiger charge is 2.27. The van der Waals surface area contributed by atoms with E-state index in [4.69, 9.17) is 16.3 Å². The minimum absolute atomic E-state index is 0.0848. The van der Waals surface area contributed by atoms with E-state index in [0.29, 0.717) is 39.7 Å². The number of aryl methyl sites for hydroxylation is 2. The third-order valence-corrected chi connectivity index (χ3v) is 6.72. The molecule has 2 atom stereocenters. The van der Waals surface area contributed by atoms with Crippen LogP contribution in [0.1, 0.15) is 47.2 Å². The van der Waals surface area contributed by atoms with Crippen LogP contribution in [0.25, 0.3) is 16.8 Å². The number of halogens is 2. The summed E-state index contributed by atoms with van der Waals surface area (Å²) in [5, 5.41) is 4.58. The van der Waals surface area contributed by atoms with Crippen LogP contribution in [0.15, 0.2) is 47.7 Å². The Kier molecular flexibility index (Phi) is 5.54. The molecule has 6 nitrogen and oxygen atoms in total. The van der Waals surface area contributed by atoms with Crippen molar-refractivity contribution in [3.05, 3.63) is 86.4 Å². The van der Waals surface area contributed by atoms with E-state index in [1.54, 1.807) is 35.1 Å². The zero-order chi connectivity index (χ0) is 23.3. The first kappa shape index (κ1) is 21.8. The van der Waals surface area contributed by atoms with Gasteiger partial charge in [-0.3, -0.25) is 13.9 Å². The highest BCUT2D eigenvalue weighted by molar-refractivity contribution is 6.30. The van der Waals surface area contributed by atoms with Crippen molar-refractivity contribution in [1.29, 1.82) is 0 Å². The lowest BCUT2D eigenvalue weighted by molar-refractivity contribution is 0.00518. The normalized spacial score (nSPS) is 18.7. The van der Waals surface area contributed by atoms with Crippen LogP contribution in [0, 0.1) is 19.7 Å². The maximum atomic E-state index is 15.0. The first-order valence-electron chi connectivity index (χ1n) is 10.9. The SMILES string of the molecule is Cc1nc2c(-c3ccc(Cl)cc3F)cc(C3CCOC(c4cnn(C)c4)C3)cn2c(=O)c1C. The van der Waals surface area contributed by atoms with Crippen LogP contribution < -0.4 is 5.56 Å². The molecule has 4 heterocycles. The number of fused-ring (bicyclic) bond motifs is 1. The maximum Gasteiger partial charge on any atom is 0.261 e. The number of nitrogens with zero attached hydrogens (tertiary/aromatic N) is 4. The quantitative estimate of drug-likeness (QED) is 0.419. The summed E-state index contributed by atoms with van der Waals surface area (Å²) in [4.78, 5) is 17.8. The molecule has 0 amide bonds. The fourth-order valence-electron chi connectivity index (χ4n) is 4.52. The lowest BCUT2D eigenvalue weighted by Gasteiger charge is -2.30. The molecule has 0 N–H and O–H groups in total. The smallest absolute Gasteiger partial charge is 0.261 e. The third-order valence-electron chi connectivity index (χ3n) is 6.49. The minimum Gasteiger partial charge on any atom is -0.373 e. The molecule has 1 aromatic carbocycles. The van der Waals surface area contributed by atoms with Gasteiger partial charge in [0.05, 0.1) is 12.3 Å². The molecule has 5 rings (SSSR count). The van der Waals surface area contributed by atoms with Gasteiger partial charge in [-0.1, -0.05) is 11.6 Å². The summed E-state index contributed by atoms with van der Waals surface area (Å²) in [6, 6.07) is 6.53. The average molecular weight is 467 g/mol. The van der Waals surface area contributed by atoms with Crippen LogP contribution in [0.5, 0.6) is 0 Å². The Morgan fingerprint density at radius 3 is 2.70 bits per heavy atom. The molecule has 1 aliphatic rings. The molecular weight excluding hydrogens is 443 g/mol. The Labute approximate surface area is 195 Å². The molecule has 170 valence electrons. The highest BCUT2D eigenvalue weighted by Crippen LogP contribution is 2.39. The summed E-state index contributed by atoms with van der Waals surface area (Å²) in [6.45, 7) is 4.15. The number of hydrogen-bond donors (Lipinski definition) is 0. The van der Waals surface area contributed by atoms with E-state index in [-0.39, 0.29) is 17.6 Å². The maximum absolute atomic E-state index is 15.0. The van der Waals surface area contributed by atoms with Crippen molar-refractivity contribution in [2.75, 3.05) is 6.61 Å². The van der Waals surface area contributed by atoms with Crippen molar-refractivity contribution < 1.29 is 9.13 Å². The monoisotopic (exact) mass is 466 g/mol. The Morgan fingerprint density at radius 2 is 1.97 bits per heavy atom. The Hall–Kier alpha value is -3.03. The molecule has 4 aromatic rings. The summed E-state index contributed by atoms with van der Waals surface area (Å²) in [5.41, 5.74) is 4.41. The fourth-order valence-corrected chi connectivity index (χ4v) is 4.68. The summed E-state index contributed by atoms with van der Waals surface area (Å²) < 4.78 is 24.3. The van der Waals surface area contributed by atoms with Crippen LogP contribution in [0.3, 0.4) is 0 Å². The number of aromatic nitrogens is 4. The van der Waals surface area contributed by atoms with E-state index in [1.165, 1.54) is 6.07 Å². The van der Waals surface area contributed by atoms with E-state index < -0.39 is 5.82 Å². The summed E-state index contributed by atoms with van der Waals surface area (Å²) >= 11 is 5.99. The van der Waals surface area contributed by atoms with Gasteiger partial charge in [-0.25, -0.2) is 9.37 Å². The largest absolute Gasteiger partial charge is 0.373 e. The van der Waals surface area contributed by atoms with Gasteiger partial charge in [-0.15, -0.1) is 0 Å². The molecule has 1 fully saturated rings.